The molecule has 0 spiro atoms. The highest BCUT2D eigenvalue weighted by Crippen LogP contribution is 2.29. The maximum absolute atomic E-state index is 5.85. The molecule has 124 valence electrons. The normalized spacial score (nSPS) is 32.9. The Morgan fingerprint density at radius 3 is 2.33 bits per heavy atom. The van der Waals surface area contributed by atoms with Gasteiger partial charge in [0.05, 0.1) is 0 Å². The van der Waals surface area contributed by atoms with Crippen LogP contribution in [0.15, 0.2) is 0 Å². The number of hydrogen-bond donors (Lipinski definition) is 4. The van der Waals surface area contributed by atoms with Crippen LogP contribution in [0.5, 0.6) is 0 Å². The van der Waals surface area contributed by atoms with Crippen LogP contribution in [-0.2, 0) is 0 Å². The van der Waals surface area contributed by atoms with Gasteiger partial charge in [0.2, 0.25) is 0 Å². The van der Waals surface area contributed by atoms with Gasteiger partial charge in [0, 0.05) is 12.1 Å². The van der Waals surface area contributed by atoms with Crippen molar-refractivity contribution in [2.75, 3.05) is 0 Å². The minimum atomic E-state index is -0.0875. The first kappa shape index (κ1) is 17.2. The molecule has 4 heteroatoms. The fraction of sp³-hybridized carbons (Fsp3) is 1.00. The van der Waals surface area contributed by atoms with E-state index in [1.807, 2.05) is 0 Å². The molecule has 1 aliphatic heterocycles. The van der Waals surface area contributed by atoms with Crippen LogP contribution in [-0.4, -0.2) is 18.4 Å². The monoisotopic (exact) mass is 296 g/mol. The Bertz CT molecular complexity index is 272. The van der Waals surface area contributed by atoms with Crippen LogP contribution in [0.4, 0.5) is 0 Å². The number of nitrogens with one attached hydrogen (secondary N) is 3. The maximum Gasteiger partial charge on any atom is 0.122 e. The fourth-order valence-corrected chi connectivity index (χ4v) is 3.91. The molecule has 2 fully saturated rings. The summed E-state index contributed by atoms with van der Waals surface area (Å²) >= 11 is 0. The third-order valence-electron chi connectivity index (χ3n) is 5.24. The highest BCUT2D eigenvalue weighted by atomic mass is 15.5. The Labute approximate surface area is 131 Å². The van der Waals surface area contributed by atoms with Crippen molar-refractivity contribution < 1.29 is 0 Å². The van der Waals surface area contributed by atoms with Gasteiger partial charge in [0.25, 0.3) is 0 Å². The van der Waals surface area contributed by atoms with Gasteiger partial charge in [-0.05, 0) is 25.2 Å². The van der Waals surface area contributed by atoms with Gasteiger partial charge in [0.15, 0.2) is 0 Å². The summed E-state index contributed by atoms with van der Waals surface area (Å²) < 4.78 is 0. The van der Waals surface area contributed by atoms with E-state index in [9.17, 15) is 0 Å². The first-order valence-corrected chi connectivity index (χ1v) is 9.32. The Morgan fingerprint density at radius 2 is 1.57 bits per heavy atom. The average molecular weight is 297 g/mol. The number of hydrazine groups is 1. The van der Waals surface area contributed by atoms with Crippen molar-refractivity contribution in [1.82, 2.24) is 16.2 Å². The van der Waals surface area contributed by atoms with Gasteiger partial charge in [-0.3, -0.25) is 10.7 Å². The quantitative estimate of drug-likeness (QED) is 0.494. The second kappa shape index (κ2) is 9.78. The molecule has 4 unspecified atom stereocenters. The molecule has 21 heavy (non-hydrogen) atoms. The standard InChI is InChI=1S/C17H36N4/c1-2-3-4-5-6-7-8-9-10-14-11-12-15-16(13-14)20-21-17(18)19-15/h14-17,19-21H,2-13,18H2,1H3. The molecule has 0 aromatic carbocycles. The summed E-state index contributed by atoms with van der Waals surface area (Å²) in [7, 11) is 0. The smallest absolute Gasteiger partial charge is 0.122 e. The van der Waals surface area contributed by atoms with Crippen LogP contribution < -0.4 is 21.9 Å². The molecule has 1 aliphatic carbocycles. The van der Waals surface area contributed by atoms with Crippen LogP contribution in [0.3, 0.4) is 0 Å². The van der Waals surface area contributed by atoms with Crippen LogP contribution in [0.25, 0.3) is 0 Å². The Balaban J connectivity index is 1.48. The van der Waals surface area contributed by atoms with Crippen molar-refractivity contribution in [1.29, 1.82) is 0 Å². The van der Waals surface area contributed by atoms with E-state index < -0.39 is 0 Å². The molecular weight excluding hydrogens is 260 g/mol. The second-order valence-corrected chi connectivity index (χ2v) is 7.09. The van der Waals surface area contributed by atoms with E-state index in [1.54, 1.807) is 0 Å². The first-order valence-electron chi connectivity index (χ1n) is 9.32. The number of rotatable bonds is 9. The van der Waals surface area contributed by atoms with E-state index in [0.717, 1.165) is 5.92 Å². The van der Waals surface area contributed by atoms with Crippen LogP contribution in [0.1, 0.15) is 84.0 Å². The van der Waals surface area contributed by atoms with Crippen molar-refractivity contribution in [3.8, 4) is 0 Å². The molecule has 0 radical (unpaired) electrons. The van der Waals surface area contributed by atoms with Gasteiger partial charge in [-0.2, -0.15) is 0 Å². The molecule has 0 bridgehead atoms. The molecule has 2 rings (SSSR count). The van der Waals surface area contributed by atoms with Gasteiger partial charge in [0.1, 0.15) is 6.29 Å². The van der Waals surface area contributed by atoms with E-state index in [4.69, 9.17) is 5.73 Å². The highest BCUT2D eigenvalue weighted by molar-refractivity contribution is 4.92. The van der Waals surface area contributed by atoms with Gasteiger partial charge in [-0.1, -0.05) is 64.7 Å². The Kier molecular flexibility index (Phi) is 8.01. The molecule has 0 aromatic rings. The predicted octanol–water partition coefficient (Wildman–Crippen LogP) is 2.99. The molecule has 1 saturated carbocycles. The van der Waals surface area contributed by atoms with Crippen LogP contribution in [0, 0.1) is 5.92 Å². The van der Waals surface area contributed by atoms with E-state index >= 15 is 0 Å². The largest absolute Gasteiger partial charge is 0.303 e. The number of nitrogens with two attached hydrogens (primary N) is 1. The fourth-order valence-electron chi connectivity index (χ4n) is 3.91. The van der Waals surface area contributed by atoms with Gasteiger partial charge in [-0.25, -0.2) is 5.43 Å². The topological polar surface area (TPSA) is 62.1 Å². The van der Waals surface area contributed by atoms with E-state index in [-0.39, 0.29) is 6.29 Å². The highest BCUT2D eigenvalue weighted by Gasteiger charge is 2.33. The van der Waals surface area contributed by atoms with E-state index in [1.165, 1.54) is 77.0 Å². The summed E-state index contributed by atoms with van der Waals surface area (Å²) in [6, 6.07) is 1.13. The first-order chi connectivity index (χ1) is 10.3. The molecule has 2 aliphatic rings. The van der Waals surface area contributed by atoms with Gasteiger partial charge >= 0.3 is 0 Å². The summed E-state index contributed by atoms with van der Waals surface area (Å²) in [5.74, 6) is 0.914. The van der Waals surface area contributed by atoms with Crippen molar-refractivity contribution in [2.24, 2.45) is 11.7 Å². The van der Waals surface area contributed by atoms with Crippen molar-refractivity contribution in [3.05, 3.63) is 0 Å². The second-order valence-electron chi connectivity index (χ2n) is 7.09. The minimum absolute atomic E-state index is 0.0875. The number of fused-ring (bicyclic) bond motifs is 1. The lowest BCUT2D eigenvalue weighted by atomic mass is 9.79. The lowest BCUT2D eigenvalue weighted by Gasteiger charge is -2.43. The summed E-state index contributed by atoms with van der Waals surface area (Å²) in [5, 5.41) is 3.44. The van der Waals surface area contributed by atoms with Crippen LogP contribution >= 0.6 is 0 Å². The molecule has 4 atom stereocenters. The predicted molar refractivity (Wildman–Crippen MR) is 89.5 cm³/mol. The maximum atomic E-state index is 5.85. The Hall–Kier alpha value is -0.160. The van der Waals surface area contributed by atoms with Gasteiger partial charge < -0.3 is 5.73 Å². The molecule has 1 heterocycles. The van der Waals surface area contributed by atoms with Gasteiger partial charge in [-0.15, -0.1) is 0 Å². The summed E-state index contributed by atoms with van der Waals surface area (Å²) in [4.78, 5) is 0. The molecular formula is C17H36N4. The zero-order chi connectivity index (χ0) is 14.9. The SMILES string of the molecule is CCCCCCCCCCC1CCC2NC(N)NNC2C1. The third kappa shape index (κ3) is 6.23. The molecule has 0 aromatic heterocycles. The zero-order valence-electron chi connectivity index (χ0n) is 13.9. The van der Waals surface area contributed by atoms with E-state index in [0.29, 0.717) is 12.1 Å². The molecule has 4 nitrogen and oxygen atoms in total. The summed E-state index contributed by atoms with van der Waals surface area (Å²) in [6.07, 6.45) is 16.7. The van der Waals surface area contributed by atoms with E-state index in [2.05, 4.69) is 23.1 Å². The lowest BCUT2D eigenvalue weighted by molar-refractivity contribution is 0.130. The summed E-state index contributed by atoms with van der Waals surface area (Å²) in [5.41, 5.74) is 12.4. The molecule has 0 amide bonds. The third-order valence-corrected chi connectivity index (χ3v) is 5.24. The van der Waals surface area contributed by atoms with Crippen molar-refractivity contribution in [3.63, 3.8) is 0 Å². The lowest BCUT2D eigenvalue weighted by Crippen LogP contribution is -2.71. The average Bonchev–Trinajstić information content (AvgIpc) is 2.50. The molecule has 5 N–H and O–H groups in total. The van der Waals surface area contributed by atoms with Crippen molar-refractivity contribution >= 4 is 0 Å². The zero-order valence-corrected chi connectivity index (χ0v) is 13.9. The Morgan fingerprint density at radius 1 is 0.857 bits per heavy atom. The molecule has 1 saturated heterocycles. The minimum Gasteiger partial charge on any atom is -0.303 e. The van der Waals surface area contributed by atoms with Crippen LogP contribution in [0.2, 0.25) is 0 Å². The van der Waals surface area contributed by atoms with Crippen molar-refractivity contribution in [2.45, 2.75) is 102 Å². The number of hydrogen-bond acceptors (Lipinski definition) is 4. The number of unbranched alkanes of at least 4 members (excludes halogenated alkanes) is 7. The summed E-state index contributed by atoms with van der Waals surface area (Å²) in [6.45, 7) is 2.29.